The highest BCUT2D eigenvalue weighted by atomic mass is 16.5. The van der Waals surface area contributed by atoms with Gasteiger partial charge in [0, 0.05) is 6.04 Å². The number of furan rings is 1. The third-order valence-corrected chi connectivity index (χ3v) is 3.38. The number of carboxylic acid groups (broad SMARTS) is 1. The number of aromatic carboxylic acids is 1. The third kappa shape index (κ3) is 3.64. The van der Waals surface area contributed by atoms with Crippen LogP contribution in [0.2, 0.25) is 0 Å². The number of carboxylic acids is 1. The van der Waals surface area contributed by atoms with Crippen LogP contribution in [0.25, 0.3) is 0 Å². The fourth-order valence-electron chi connectivity index (χ4n) is 2.13. The van der Waals surface area contributed by atoms with Crippen molar-refractivity contribution in [1.82, 2.24) is 5.32 Å². The Bertz CT molecular complexity index is 633. The smallest absolute Gasteiger partial charge is 0.339 e. The zero-order valence-electron chi connectivity index (χ0n) is 12.3. The molecule has 2 rings (SSSR count). The van der Waals surface area contributed by atoms with Crippen LogP contribution in [0.3, 0.4) is 0 Å². The van der Waals surface area contributed by atoms with Crippen molar-refractivity contribution in [2.45, 2.75) is 26.4 Å². The van der Waals surface area contributed by atoms with Gasteiger partial charge in [0.2, 0.25) is 0 Å². The molecule has 0 aliphatic rings. The first kappa shape index (κ1) is 15.1. The number of methoxy groups -OCH3 is 1. The van der Waals surface area contributed by atoms with Crippen LogP contribution < -0.4 is 10.1 Å². The number of benzene rings is 1. The molecule has 0 aliphatic carbocycles. The average Bonchev–Trinajstić information content (AvgIpc) is 2.86. The number of nitrogens with one attached hydrogen (secondary N) is 1. The quantitative estimate of drug-likeness (QED) is 0.854. The maximum absolute atomic E-state index is 11.0. The van der Waals surface area contributed by atoms with E-state index in [0.717, 1.165) is 11.3 Å². The second kappa shape index (κ2) is 6.45. The topological polar surface area (TPSA) is 71.7 Å². The molecule has 0 fully saturated rings. The fraction of sp³-hybridized carbons (Fsp3) is 0.312. The van der Waals surface area contributed by atoms with Gasteiger partial charge in [-0.15, -0.1) is 0 Å². The number of ether oxygens (including phenoxy) is 1. The second-order valence-electron chi connectivity index (χ2n) is 4.87. The second-order valence-corrected chi connectivity index (χ2v) is 4.87. The number of aryl methyl sites for hydroxylation is 1. The van der Waals surface area contributed by atoms with Crippen molar-refractivity contribution in [3.63, 3.8) is 0 Å². The van der Waals surface area contributed by atoms with Crippen LogP contribution in [-0.2, 0) is 6.54 Å². The van der Waals surface area contributed by atoms with Gasteiger partial charge in [0.1, 0.15) is 22.8 Å². The molecule has 0 radical (unpaired) electrons. The third-order valence-electron chi connectivity index (χ3n) is 3.38. The lowest BCUT2D eigenvalue weighted by Crippen LogP contribution is -2.17. The zero-order chi connectivity index (χ0) is 15.4. The molecule has 2 N–H and O–H groups in total. The Balaban J connectivity index is 2.02. The maximum Gasteiger partial charge on any atom is 0.339 e. The van der Waals surface area contributed by atoms with Crippen molar-refractivity contribution in [2.24, 2.45) is 0 Å². The summed E-state index contributed by atoms with van der Waals surface area (Å²) in [7, 11) is 1.64. The van der Waals surface area contributed by atoms with Gasteiger partial charge in [-0.2, -0.15) is 0 Å². The van der Waals surface area contributed by atoms with E-state index in [1.54, 1.807) is 20.1 Å². The van der Waals surface area contributed by atoms with E-state index in [9.17, 15) is 4.79 Å². The van der Waals surface area contributed by atoms with Crippen LogP contribution in [-0.4, -0.2) is 18.2 Å². The molecule has 1 atom stereocenters. The molecule has 0 aliphatic heterocycles. The first-order valence-electron chi connectivity index (χ1n) is 6.71. The largest absolute Gasteiger partial charge is 0.497 e. The maximum atomic E-state index is 11.0. The van der Waals surface area contributed by atoms with Crippen LogP contribution in [0.15, 0.2) is 34.7 Å². The van der Waals surface area contributed by atoms with E-state index >= 15 is 0 Å². The molecule has 112 valence electrons. The van der Waals surface area contributed by atoms with Crippen LogP contribution in [0.5, 0.6) is 5.75 Å². The molecule has 0 saturated carbocycles. The molecule has 0 bridgehead atoms. The van der Waals surface area contributed by atoms with Gasteiger partial charge in [-0.05, 0) is 37.6 Å². The molecule has 0 saturated heterocycles. The van der Waals surface area contributed by atoms with Crippen molar-refractivity contribution in [1.29, 1.82) is 0 Å². The molecule has 2 aromatic rings. The summed E-state index contributed by atoms with van der Waals surface area (Å²) in [6.45, 7) is 4.15. The van der Waals surface area contributed by atoms with Crippen molar-refractivity contribution < 1.29 is 19.1 Å². The lowest BCUT2D eigenvalue weighted by Gasteiger charge is -2.14. The van der Waals surface area contributed by atoms with E-state index in [1.165, 1.54) is 0 Å². The Kier molecular flexibility index (Phi) is 4.65. The summed E-state index contributed by atoms with van der Waals surface area (Å²) >= 11 is 0. The molecule has 0 unspecified atom stereocenters. The Morgan fingerprint density at radius 2 is 2.19 bits per heavy atom. The van der Waals surface area contributed by atoms with Gasteiger partial charge < -0.3 is 19.6 Å². The first-order valence-corrected chi connectivity index (χ1v) is 6.71. The minimum Gasteiger partial charge on any atom is -0.497 e. The molecule has 0 amide bonds. The van der Waals surface area contributed by atoms with Gasteiger partial charge in [-0.1, -0.05) is 12.1 Å². The molecule has 0 spiro atoms. The van der Waals surface area contributed by atoms with E-state index in [-0.39, 0.29) is 11.6 Å². The molecular formula is C16H19NO4. The summed E-state index contributed by atoms with van der Waals surface area (Å²) in [4.78, 5) is 11.0. The summed E-state index contributed by atoms with van der Waals surface area (Å²) in [6, 6.07) is 9.46. The van der Waals surface area contributed by atoms with E-state index in [4.69, 9.17) is 14.3 Å². The van der Waals surface area contributed by atoms with E-state index in [0.29, 0.717) is 18.1 Å². The standard InChI is InChI=1S/C16H19NO4/c1-10(12-5-4-6-13(7-12)20-3)17-9-14-8-15(16(18)19)11(2)21-14/h4-8,10,17H,9H2,1-3H3,(H,18,19)/t10-/m0/s1. The lowest BCUT2D eigenvalue weighted by molar-refractivity contribution is 0.0695. The van der Waals surface area contributed by atoms with Gasteiger partial charge in [0.25, 0.3) is 0 Å². The van der Waals surface area contributed by atoms with Crippen molar-refractivity contribution >= 4 is 5.97 Å². The summed E-state index contributed by atoms with van der Waals surface area (Å²) < 4.78 is 10.6. The molecule has 5 heteroatoms. The molecule has 21 heavy (non-hydrogen) atoms. The average molecular weight is 289 g/mol. The Labute approximate surface area is 123 Å². The first-order chi connectivity index (χ1) is 10.0. The Morgan fingerprint density at radius 1 is 1.43 bits per heavy atom. The monoisotopic (exact) mass is 289 g/mol. The minimum absolute atomic E-state index is 0.0961. The molecule has 1 heterocycles. The Hall–Kier alpha value is -2.27. The summed E-state index contributed by atoms with van der Waals surface area (Å²) in [5, 5.41) is 12.3. The zero-order valence-corrected chi connectivity index (χ0v) is 12.3. The van der Waals surface area contributed by atoms with Crippen LogP contribution >= 0.6 is 0 Å². The molecular weight excluding hydrogens is 270 g/mol. The SMILES string of the molecule is COc1cccc([C@H](C)NCc2cc(C(=O)O)c(C)o2)c1. The van der Waals surface area contributed by atoms with E-state index in [2.05, 4.69) is 5.32 Å². The van der Waals surface area contributed by atoms with Gasteiger partial charge in [0.05, 0.1) is 13.7 Å². The number of rotatable bonds is 6. The Morgan fingerprint density at radius 3 is 2.81 bits per heavy atom. The minimum atomic E-state index is -0.969. The number of hydrogen-bond acceptors (Lipinski definition) is 4. The molecule has 5 nitrogen and oxygen atoms in total. The normalized spacial score (nSPS) is 12.1. The fourth-order valence-corrected chi connectivity index (χ4v) is 2.13. The van der Waals surface area contributed by atoms with Crippen molar-refractivity contribution in [2.75, 3.05) is 7.11 Å². The van der Waals surface area contributed by atoms with Crippen molar-refractivity contribution in [3.05, 3.63) is 53.0 Å². The van der Waals surface area contributed by atoms with E-state index in [1.807, 2.05) is 31.2 Å². The van der Waals surface area contributed by atoms with Crippen molar-refractivity contribution in [3.8, 4) is 5.75 Å². The lowest BCUT2D eigenvalue weighted by atomic mass is 10.1. The number of hydrogen-bond donors (Lipinski definition) is 2. The highest BCUT2D eigenvalue weighted by Gasteiger charge is 2.14. The van der Waals surface area contributed by atoms with Gasteiger partial charge >= 0.3 is 5.97 Å². The van der Waals surface area contributed by atoms with E-state index < -0.39 is 5.97 Å². The van der Waals surface area contributed by atoms with Gasteiger partial charge in [-0.25, -0.2) is 4.79 Å². The summed E-state index contributed by atoms with van der Waals surface area (Å²) in [5.74, 6) is 0.875. The van der Waals surface area contributed by atoms with Gasteiger partial charge in [-0.3, -0.25) is 0 Å². The van der Waals surface area contributed by atoms with Crippen LogP contribution in [0.4, 0.5) is 0 Å². The van der Waals surface area contributed by atoms with Crippen LogP contribution in [0, 0.1) is 6.92 Å². The summed E-state index contributed by atoms with van der Waals surface area (Å²) in [6.07, 6.45) is 0. The van der Waals surface area contributed by atoms with Crippen LogP contribution in [0.1, 0.15) is 40.4 Å². The highest BCUT2D eigenvalue weighted by Crippen LogP contribution is 2.20. The summed E-state index contributed by atoms with van der Waals surface area (Å²) in [5.41, 5.74) is 1.30. The number of carbonyl (C=O) groups is 1. The predicted molar refractivity (Wildman–Crippen MR) is 78.7 cm³/mol. The highest BCUT2D eigenvalue weighted by molar-refractivity contribution is 5.88. The molecule has 1 aromatic carbocycles. The molecule has 1 aromatic heterocycles. The van der Waals surface area contributed by atoms with Gasteiger partial charge in [0.15, 0.2) is 0 Å². The predicted octanol–water partition coefficient (Wildman–Crippen LogP) is 3.15.